The van der Waals surface area contributed by atoms with E-state index in [-0.39, 0.29) is 0 Å². The first-order valence-corrected chi connectivity index (χ1v) is 15.3. The lowest BCUT2D eigenvalue weighted by molar-refractivity contribution is 0.426. The smallest absolute Gasteiger partial charge is 0.423 e. The van der Waals surface area contributed by atoms with Gasteiger partial charge in [0.2, 0.25) is 0 Å². The minimum Gasteiger partial charge on any atom is -0.423 e. The van der Waals surface area contributed by atoms with Crippen LogP contribution in [-0.4, -0.2) is 27.1 Å². The van der Waals surface area contributed by atoms with E-state index in [0.717, 1.165) is 35.9 Å². The molecule has 42 heavy (non-hydrogen) atoms. The highest BCUT2D eigenvalue weighted by molar-refractivity contribution is 9.11. The first-order chi connectivity index (χ1) is 20.4. The summed E-state index contributed by atoms with van der Waals surface area (Å²) in [5.41, 5.74) is 7.28. The molecule has 0 spiro atoms. The zero-order valence-corrected chi connectivity index (χ0v) is 27.1. The van der Waals surface area contributed by atoms with E-state index in [2.05, 4.69) is 106 Å². The van der Waals surface area contributed by atoms with Gasteiger partial charge in [0.25, 0.3) is 0 Å². The predicted molar refractivity (Wildman–Crippen MR) is 184 cm³/mol. The van der Waals surface area contributed by atoms with E-state index in [1.54, 1.807) is 18.3 Å². The second-order valence-corrected chi connectivity index (χ2v) is 11.6. The molecule has 2 N–H and O–H groups in total. The Kier molecular flexibility index (Phi) is 12.2. The fraction of sp³-hybridized carbons (Fsp3) is 0. The third-order valence-electron chi connectivity index (χ3n) is 6.02. The third-order valence-corrected chi connectivity index (χ3v) is 7.43. The Bertz CT molecular complexity index is 1610. The Balaban J connectivity index is 0.000000157. The number of rotatable bonds is 4. The van der Waals surface area contributed by atoms with Gasteiger partial charge < -0.3 is 10.0 Å². The fourth-order valence-corrected chi connectivity index (χ4v) is 4.55. The van der Waals surface area contributed by atoms with Crippen molar-refractivity contribution < 1.29 is 10.0 Å². The van der Waals surface area contributed by atoms with Crippen molar-refractivity contribution in [1.29, 1.82) is 0 Å². The van der Waals surface area contributed by atoms with E-state index in [9.17, 15) is 0 Å². The molecule has 0 saturated carbocycles. The van der Waals surface area contributed by atoms with E-state index in [1.807, 2.05) is 79.0 Å². The number of pyridine rings is 2. The molecule has 0 atom stereocenters. The molecule has 0 aliphatic carbocycles. The number of aromatic nitrogens is 2. The van der Waals surface area contributed by atoms with Crippen LogP contribution in [0.3, 0.4) is 0 Å². The van der Waals surface area contributed by atoms with Crippen LogP contribution in [0.5, 0.6) is 0 Å². The topological polar surface area (TPSA) is 66.2 Å². The van der Waals surface area contributed by atoms with Crippen molar-refractivity contribution in [3.8, 4) is 33.5 Å². The van der Waals surface area contributed by atoms with Gasteiger partial charge in [-0.05, 0) is 99.8 Å². The van der Waals surface area contributed by atoms with Crippen molar-refractivity contribution in [3.63, 3.8) is 0 Å². The maximum absolute atomic E-state index is 8.94. The summed E-state index contributed by atoms with van der Waals surface area (Å²) in [6.45, 7) is 0. The van der Waals surface area contributed by atoms with Crippen LogP contribution >= 0.6 is 47.8 Å². The molecule has 0 aliphatic rings. The number of hydrogen-bond acceptors (Lipinski definition) is 4. The normalized spacial score (nSPS) is 10.0. The van der Waals surface area contributed by atoms with E-state index < -0.39 is 7.12 Å². The zero-order chi connectivity index (χ0) is 29.7. The lowest BCUT2D eigenvalue weighted by atomic mass is 9.80. The summed E-state index contributed by atoms with van der Waals surface area (Å²) in [6, 6.07) is 43.8. The minimum absolute atomic E-state index is 0.509. The Morgan fingerprint density at radius 2 is 0.857 bits per heavy atom. The van der Waals surface area contributed by atoms with Crippen LogP contribution in [-0.2, 0) is 0 Å². The largest absolute Gasteiger partial charge is 0.488 e. The highest BCUT2D eigenvalue weighted by Crippen LogP contribution is 2.24. The van der Waals surface area contributed by atoms with Gasteiger partial charge in [0.15, 0.2) is 0 Å². The standard InChI is InChI=1S/C17H12BrN.C12H11BO2.C5H3Br2N/c18-16-10-11-17(19-12-16)15-8-6-14(7-9-15)13-4-2-1-3-5-13;14-13(15)12-8-6-11(7-9-12)10-4-2-1-3-5-10;6-4-1-2-5(7)8-3-4/h1-12H;1-9,14-15H;1-3H. The fourth-order valence-electron chi connectivity index (χ4n) is 3.85. The summed E-state index contributed by atoms with van der Waals surface area (Å²) in [4.78, 5) is 8.35. The molecule has 208 valence electrons. The summed E-state index contributed by atoms with van der Waals surface area (Å²) in [5.74, 6) is 0. The van der Waals surface area contributed by atoms with Crippen LogP contribution in [0.4, 0.5) is 0 Å². The van der Waals surface area contributed by atoms with Crippen molar-refractivity contribution in [2.75, 3.05) is 0 Å². The molecular weight excluding hydrogens is 719 g/mol. The monoisotopic (exact) mass is 742 g/mol. The molecular formula is C34H26BBr3N2O2. The molecule has 0 unspecified atom stereocenters. The number of halogens is 3. The van der Waals surface area contributed by atoms with Crippen molar-refractivity contribution in [1.82, 2.24) is 9.97 Å². The molecule has 8 heteroatoms. The Morgan fingerprint density at radius 1 is 0.429 bits per heavy atom. The molecule has 2 heterocycles. The molecule has 2 aromatic heterocycles. The summed E-state index contributed by atoms with van der Waals surface area (Å²) in [7, 11) is -1.39. The molecule has 0 radical (unpaired) electrons. The van der Waals surface area contributed by atoms with Crippen molar-refractivity contribution >= 4 is 60.4 Å². The Hall–Kier alpha value is -3.40. The van der Waals surface area contributed by atoms with Gasteiger partial charge in [0, 0.05) is 26.9 Å². The van der Waals surface area contributed by atoms with Crippen LogP contribution in [0.25, 0.3) is 33.5 Å². The van der Waals surface area contributed by atoms with Crippen LogP contribution in [0.1, 0.15) is 0 Å². The van der Waals surface area contributed by atoms with Gasteiger partial charge in [-0.15, -0.1) is 0 Å². The molecule has 4 aromatic carbocycles. The average Bonchev–Trinajstić information content (AvgIpc) is 3.04. The first-order valence-electron chi connectivity index (χ1n) is 12.9. The molecule has 0 saturated heterocycles. The molecule has 6 aromatic rings. The maximum Gasteiger partial charge on any atom is 0.488 e. The Morgan fingerprint density at radius 3 is 1.26 bits per heavy atom. The van der Waals surface area contributed by atoms with Crippen LogP contribution in [0.15, 0.2) is 159 Å². The molecule has 0 amide bonds. The SMILES string of the molecule is Brc1ccc(-c2ccc(-c3ccccc3)cc2)nc1.Brc1ccc(Br)nc1.OB(O)c1ccc(-c2ccccc2)cc1. The predicted octanol–water partition coefficient (Wildman–Crippen LogP) is 8.82. The van der Waals surface area contributed by atoms with Crippen LogP contribution in [0, 0.1) is 0 Å². The average molecular weight is 745 g/mol. The minimum atomic E-state index is -1.39. The molecule has 0 aliphatic heterocycles. The number of nitrogens with zero attached hydrogens (tertiary/aromatic N) is 2. The van der Waals surface area contributed by atoms with Gasteiger partial charge in [-0.25, -0.2) is 4.98 Å². The lowest BCUT2D eigenvalue weighted by Gasteiger charge is -2.04. The van der Waals surface area contributed by atoms with Gasteiger partial charge in [0.1, 0.15) is 4.60 Å². The van der Waals surface area contributed by atoms with Gasteiger partial charge in [-0.2, -0.15) is 0 Å². The van der Waals surface area contributed by atoms with E-state index in [0.29, 0.717) is 5.46 Å². The molecule has 6 rings (SSSR count). The molecule has 0 bridgehead atoms. The second kappa shape index (κ2) is 16.3. The maximum atomic E-state index is 8.94. The van der Waals surface area contributed by atoms with Crippen LogP contribution < -0.4 is 5.46 Å². The second-order valence-electron chi connectivity index (χ2n) is 8.97. The van der Waals surface area contributed by atoms with E-state index in [4.69, 9.17) is 10.0 Å². The number of hydrogen-bond donors (Lipinski definition) is 2. The van der Waals surface area contributed by atoms with E-state index in [1.165, 1.54) is 11.1 Å². The highest BCUT2D eigenvalue weighted by Gasteiger charge is 2.09. The lowest BCUT2D eigenvalue weighted by Crippen LogP contribution is -2.29. The van der Waals surface area contributed by atoms with Gasteiger partial charge in [0.05, 0.1) is 5.69 Å². The van der Waals surface area contributed by atoms with Gasteiger partial charge in [-0.3, -0.25) is 4.98 Å². The van der Waals surface area contributed by atoms with Crippen molar-refractivity contribution in [2.45, 2.75) is 0 Å². The van der Waals surface area contributed by atoms with Crippen LogP contribution in [0.2, 0.25) is 0 Å². The summed E-state index contributed by atoms with van der Waals surface area (Å²) in [6.07, 6.45) is 3.56. The van der Waals surface area contributed by atoms with Gasteiger partial charge >= 0.3 is 7.12 Å². The summed E-state index contributed by atoms with van der Waals surface area (Å²) in [5, 5.41) is 17.9. The first kappa shape index (κ1) is 31.5. The van der Waals surface area contributed by atoms with Gasteiger partial charge in [-0.1, -0.05) is 109 Å². The highest BCUT2D eigenvalue weighted by atomic mass is 79.9. The van der Waals surface area contributed by atoms with Crippen molar-refractivity contribution in [3.05, 3.63) is 159 Å². The molecule has 0 fully saturated rings. The summed E-state index contributed by atoms with van der Waals surface area (Å²) < 4.78 is 2.86. The van der Waals surface area contributed by atoms with Crippen molar-refractivity contribution in [2.24, 2.45) is 0 Å². The number of benzene rings is 4. The molecule has 4 nitrogen and oxygen atoms in total. The van der Waals surface area contributed by atoms with E-state index >= 15 is 0 Å². The third kappa shape index (κ3) is 9.86. The Labute approximate surface area is 271 Å². The quantitative estimate of drug-likeness (QED) is 0.140. The zero-order valence-electron chi connectivity index (χ0n) is 22.4. The summed E-state index contributed by atoms with van der Waals surface area (Å²) >= 11 is 9.87.